The number of aliphatic hydroxyl groups is 1. The maximum absolute atomic E-state index is 9.86. The predicted octanol–water partition coefficient (Wildman–Crippen LogP) is 2.14. The van der Waals surface area contributed by atoms with Crippen LogP contribution in [0.1, 0.15) is 40.5 Å². The van der Waals surface area contributed by atoms with E-state index in [4.69, 9.17) is 4.74 Å². The lowest BCUT2D eigenvalue weighted by Crippen LogP contribution is -2.41. The Morgan fingerprint density at radius 1 is 1.18 bits per heavy atom. The summed E-state index contributed by atoms with van der Waals surface area (Å²) in [7, 11) is 0. The van der Waals surface area contributed by atoms with Crippen molar-refractivity contribution in [2.75, 3.05) is 26.2 Å². The molecule has 0 aromatic heterocycles. The normalized spacial score (nSPS) is 21.4. The Kier molecular flexibility index (Phi) is 6.45. The fourth-order valence-corrected chi connectivity index (χ4v) is 2.46. The lowest BCUT2D eigenvalue weighted by molar-refractivity contribution is -0.0133. The SMILES string of the molecule is CC(C)OCC(O)CN1CCC(C(C)C)CC1. The van der Waals surface area contributed by atoms with Gasteiger partial charge in [-0.1, -0.05) is 13.8 Å². The van der Waals surface area contributed by atoms with Gasteiger partial charge >= 0.3 is 0 Å². The molecule has 0 bridgehead atoms. The summed E-state index contributed by atoms with van der Waals surface area (Å²) >= 11 is 0. The van der Waals surface area contributed by atoms with E-state index in [-0.39, 0.29) is 12.2 Å². The summed E-state index contributed by atoms with van der Waals surface area (Å²) in [6.45, 7) is 12.1. The average molecular weight is 243 g/mol. The third-order valence-electron chi connectivity index (χ3n) is 3.67. The number of hydrogen-bond acceptors (Lipinski definition) is 3. The van der Waals surface area contributed by atoms with Crippen LogP contribution in [0.5, 0.6) is 0 Å². The van der Waals surface area contributed by atoms with Gasteiger partial charge in [0, 0.05) is 6.54 Å². The van der Waals surface area contributed by atoms with E-state index in [1.54, 1.807) is 0 Å². The van der Waals surface area contributed by atoms with Crippen molar-refractivity contribution in [3.05, 3.63) is 0 Å². The Balaban J connectivity index is 2.17. The van der Waals surface area contributed by atoms with Crippen LogP contribution in [-0.2, 0) is 4.74 Å². The van der Waals surface area contributed by atoms with Gasteiger partial charge in [-0.2, -0.15) is 0 Å². The van der Waals surface area contributed by atoms with Crippen molar-refractivity contribution in [2.45, 2.75) is 52.7 Å². The molecule has 1 atom stereocenters. The number of β-amino-alcohol motifs (C(OH)–C–C–N with tert-alkyl or cyclic N) is 1. The number of hydrogen-bond donors (Lipinski definition) is 1. The topological polar surface area (TPSA) is 32.7 Å². The summed E-state index contributed by atoms with van der Waals surface area (Å²) in [4.78, 5) is 2.37. The van der Waals surface area contributed by atoms with E-state index in [1.807, 2.05) is 13.8 Å². The molecule has 0 spiro atoms. The van der Waals surface area contributed by atoms with Crippen molar-refractivity contribution >= 4 is 0 Å². The van der Waals surface area contributed by atoms with Crippen LogP contribution in [0.3, 0.4) is 0 Å². The average Bonchev–Trinajstić information content (AvgIpc) is 2.27. The molecule has 3 heteroatoms. The van der Waals surface area contributed by atoms with Crippen LogP contribution in [0.2, 0.25) is 0 Å². The van der Waals surface area contributed by atoms with Gasteiger partial charge in [0.2, 0.25) is 0 Å². The molecule has 0 aliphatic carbocycles. The predicted molar refractivity (Wildman–Crippen MR) is 71.1 cm³/mol. The second kappa shape index (κ2) is 7.34. The molecule has 1 unspecified atom stereocenters. The van der Waals surface area contributed by atoms with E-state index in [0.29, 0.717) is 6.61 Å². The number of aliphatic hydroxyl groups excluding tert-OH is 1. The molecule has 0 radical (unpaired) electrons. The van der Waals surface area contributed by atoms with Gasteiger partial charge in [0.05, 0.1) is 18.8 Å². The van der Waals surface area contributed by atoms with Crippen LogP contribution < -0.4 is 0 Å². The molecule has 0 aromatic carbocycles. The molecule has 1 saturated heterocycles. The first-order chi connectivity index (χ1) is 7.99. The maximum atomic E-state index is 9.86. The van der Waals surface area contributed by atoms with Crippen molar-refractivity contribution < 1.29 is 9.84 Å². The summed E-state index contributed by atoms with van der Waals surface area (Å²) in [5.41, 5.74) is 0. The zero-order valence-corrected chi connectivity index (χ0v) is 11.9. The molecule has 17 heavy (non-hydrogen) atoms. The largest absolute Gasteiger partial charge is 0.389 e. The Bertz CT molecular complexity index is 198. The van der Waals surface area contributed by atoms with E-state index >= 15 is 0 Å². The molecule has 0 aromatic rings. The van der Waals surface area contributed by atoms with E-state index in [1.165, 1.54) is 12.8 Å². The molecule has 1 rings (SSSR count). The minimum Gasteiger partial charge on any atom is -0.389 e. The Morgan fingerprint density at radius 3 is 2.24 bits per heavy atom. The molecule has 1 heterocycles. The van der Waals surface area contributed by atoms with Crippen molar-refractivity contribution in [1.82, 2.24) is 4.90 Å². The molecule has 1 N–H and O–H groups in total. The van der Waals surface area contributed by atoms with Crippen LogP contribution in [0, 0.1) is 11.8 Å². The standard InChI is InChI=1S/C14H29NO2/c1-11(2)13-5-7-15(8-6-13)9-14(16)10-17-12(3)4/h11-14,16H,5-10H2,1-4H3. The number of nitrogens with zero attached hydrogens (tertiary/aromatic N) is 1. The van der Waals surface area contributed by atoms with Gasteiger partial charge < -0.3 is 14.7 Å². The fourth-order valence-electron chi connectivity index (χ4n) is 2.46. The Hall–Kier alpha value is -0.120. The van der Waals surface area contributed by atoms with Crippen molar-refractivity contribution in [1.29, 1.82) is 0 Å². The fraction of sp³-hybridized carbons (Fsp3) is 1.00. The van der Waals surface area contributed by atoms with Gasteiger partial charge in [0.1, 0.15) is 0 Å². The molecular weight excluding hydrogens is 214 g/mol. The second-order valence-corrected chi connectivity index (χ2v) is 5.92. The maximum Gasteiger partial charge on any atom is 0.0900 e. The van der Waals surface area contributed by atoms with Crippen molar-refractivity contribution in [3.8, 4) is 0 Å². The summed E-state index contributed by atoms with van der Waals surface area (Å²) < 4.78 is 5.43. The summed E-state index contributed by atoms with van der Waals surface area (Å²) in [6, 6.07) is 0. The van der Waals surface area contributed by atoms with Gasteiger partial charge in [0.25, 0.3) is 0 Å². The van der Waals surface area contributed by atoms with E-state index in [2.05, 4.69) is 18.7 Å². The van der Waals surface area contributed by atoms with Crippen molar-refractivity contribution in [3.63, 3.8) is 0 Å². The second-order valence-electron chi connectivity index (χ2n) is 5.92. The Labute approximate surface area is 106 Å². The minimum atomic E-state index is -0.340. The third kappa shape index (κ3) is 5.84. The first-order valence-corrected chi connectivity index (χ1v) is 7.01. The van der Waals surface area contributed by atoms with E-state index in [0.717, 1.165) is 31.5 Å². The van der Waals surface area contributed by atoms with E-state index in [9.17, 15) is 5.11 Å². The van der Waals surface area contributed by atoms with Crippen LogP contribution >= 0.6 is 0 Å². The molecule has 1 fully saturated rings. The van der Waals surface area contributed by atoms with Crippen LogP contribution in [0.4, 0.5) is 0 Å². The highest BCUT2D eigenvalue weighted by atomic mass is 16.5. The first-order valence-electron chi connectivity index (χ1n) is 7.01. The van der Waals surface area contributed by atoms with Crippen LogP contribution in [-0.4, -0.2) is 48.5 Å². The number of ether oxygens (including phenoxy) is 1. The summed E-state index contributed by atoms with van der Waals surface area (Å²) in [5.74, 6) is 1.67. The van der Waals surface area contributed by atoms with Crippen LogP contribution in [0.15, 0.2) is 0 Å². The smallest absolute Gasteiger partial charge is 0.0900 e. The van der Waals surface area contributed by atoms with Crippen LogP contribution in [0.25, 0.3) is 0 Å². The molecule has 1 aliphatic heterocycles. The first kappa shape index (κ1) is 14.9. The summed E-state index contributed by atoms with van der Waals surface area (Å²) in [5, 5.41) is 9.86. The van der Waals surface area contributed by atoms with E-state index < -0.39 is 0 Å². The highest BCUT2D eigenvalue weighted by Gasteiger charge is 2.22. The number of likely N-dealkylation sites (tertiary alicyclic amines) is 1. The number of piperidine rings is 1. The highest BCUT2D eigenvalue weighted by Crippen LogP contribution is 2.24. The molecule has 3 nitrogen and oxygen atoms in total. The van der Waals surface area contributed by atoms with Crippen molar-refractivity contribution in [2.24, 2.45) is 11.8 Å². The zero-order chi connectivity index (χ0) is 12.8. The lowest BCUT2D eigenvalue weighted by atomic mass is 9.87. The Morgan fingerprint density at radius 2 is 1.76 bits per heavy atom. The summed E-state index contributed by atoms with van der Waals surface area (Å²) in [6.07, 6.45) is 2.41. The highest BCUT2D eigenvalue weighted by molar-refractivity contribution is 4.75. The molecule has 0 saturated carbocycles. The molecular formula is C14H29NO2. The minimum absolute atomic E-state index is 0.205. The molecule has 1 aliphatic rings. The quantitative estimate of drug-likeness (QED) is 0.776. The monoisotopic (exact) mass is 243 g/mol. The van der Waals surface area contributed by atoms with Gasteiger partial charge in [-0.3, -0.25) is 0 Å². The lowest BCUT2D eigenvalue weighted by Gasteiger charge is -2.34. The van der Waals surface area contributed by atoms with Gasteiger partial charge in [-0.15, -0.1) is 0 Å². The van der Waals surface area contributed by atoms with Gasteiger partial charge in [-0.05, 0) is 51.6 Å². The number of rotatable bonds is 6. The van der Waals surface area contributed by atoms with Gasteiger partial charge in [0.15, 0.2) is 0 Å². The molecule has 102 valence electrons. The van der Waals surface area contributed by atoms with Gasteiger partial charge in [-0.25, -0.2) is 0 Å². The molecule has 0 amide bonds. The third-order valence-corrected chi connectivity index (χ3v) is 3.67. The zero-order valence-electron chi connectivity index (χ0n) is 11.9.